The molecule has 0 bridgehead atoms. The highest BCUT2D eigenvalue weighted by Crippen LogP contribution is 2.43. The van der Waals surface area contributed by atoms with Crippen molar-refractivity contribution < 1.29 is 0 Å². The van der Waals surface area contributed by atoms with Gasteiger partial charge in [-0.1, -0.05) is 183 Å². The molecule has 58 heavy (non-hydrogen) atoms. The maximum Gasteiger partial charge on any atom is 0.0541 e. The van der Waals surface area contributed by atoms with Crippen LogP contribution in [-0.4, -0.2) is 4.57 Å². The highest BCUT2D eigenvalue weighted by Gasteiger charge is 2.18. The quantitative estimate of drug-likeness (QED) is 0.141. The molecule has 0 spiro atoms. The minimum Gasteiger partial charge on any atom is -0.310 e. The average Bonchev–Trinajstić information content (AvgIpc) is 3.64. The Bertz CT molecular complexity index is 2990. The van der Waals surface area contributed by atoms with Gasteiger partial charge in [0.25, 0.3) is 0 Å². The van der Waals surface area contributed by atoms with Gasteiger partial charge in [0, 0.05) is 33.2 Å². The maximum absolute atomic E-state index is 3.36. The number of aromatic nitrogens is 1. The second-order valence-electron chi connectivity index (χ2n) is 14.2. The third-order valence-corrected chi connectivity index (χ3v) is 10.8. The summed E-state index contributed by atoms with van der Waals surface area (Å²) in [7, 11) is 0. The van der Waals surface area contributed by atoms with Crippen LogP contribution in [0.3, 0.4) is 0 Å². The number of benzene rings is 9. The summed E-state index contributed by atoms with van der Waals surface area (Å²) in [4.78, 5) is 2.38. The van der Waals surface area contributed by atoms with E-state index in [1.165, 1.54) is 71.6 Å². The molecule has 2 nitrogen and oxygen atoms in total. The molecule has 0 radical (unpaired) electrons. The van der Waals surface area contributed by atoms with Gasteiger partial charge in [-0.2, -0.15) is 0 Å². The standard InChI is InChI=1S/C52H36N2.C4H6/c1-4-14-37(15-5-1)38-26-28-39(29-27-38)40-30-33-44(34-31-40)53(42-16-6-2-7-17-42)50-25-13-22-46-45(21-12-23-47(46)50)41-32-35-52-49(36-41)48-20-10-11-24-51(48)54(52)43-18-8-3-9-19-43;1-3-4-2/h1-36H;3-4H,1-2H2. The molecule has 1 aromatic heterocycles. The molecule has 2 heteroatoms. The first-order chi connectivity index (χ1) is 28.7. The van der Waals surface area contributed by atoms with Gasteiger partial charge in [0.1, 0.15) is 0 Å². The molecule has 0 aliphatic rings. The summed E-state index contributed by atoms with van der Waals surface area (Å²) < 4.78 is 2.37. The van der Waals surface area contributed by atoms with Crippen LogP contribution in [0.15, 0.2) is 244 Å². The molecule has 0 aliphatic carbocycles. The van der Waals surface area contributed by atoms with Gasteiger partial charge in [0.05, 0.1) is 16.7 Å². The Kier molecular flexibility index (Phi) is 10.0. The fourth-order valence-corrected chi connectivity index (χ4v) is 8.03. The summed E-state index contributed by atoms with van der Waals surface area (Å²) in [5.74, 6) is 0. The summed E-state index contributed by atoms with van der Waals surface area (Å²) in [5.41, 5.74) is 14.2. The lowest BCUT2D eigenvalue weighted by molar-refractivity contribution is 1.18. The lowest BCUT2D eigenvalue weighted by Gasteiger charge is -2.27. The summed E-state index contributed by atoms with van der Waals surface area (Å²) in [5, 5.41) is 4.93. The molecule has 0 aliphatic heterocycles. The van der Waals surface area contributed by atoms with E-state index in [9.17, 15) is 0 Å². The molecule has 10 aromatic rings. The number of rotatable bonds is 8. The predicted octanol–water partition coefficient (Wildman–Crippen LogP) is 15.8. The van der Waals surface area contributed by atoms with Crippen molar-refractivity contribution in [2.75, 3.05) is 4.90 Å². The van der Waals surface area contributed by atoms with Crippen LogP contribution in [0.2, 0.25) is 0 Å². The van der Waals surface area contributed by atoms with Crippen LogP contribution in [-0.2, 0) is 0 Å². The SMILES string of the molecule is C=CC=C.c1ccc(-c2ccc(-c3ccc(N(c4ccccc4)c4cccc5c(-c6ccc7c(c6)c6ccccc6n7-c6ccccc6)cccc45)cc3)cc2)cc1. The van der Waals surface area contributed by atoms with E-state index >= 15 is 0 Å². The van der Waals surface area contributed by atoms with E-state index in [1.807, 2.05) is 0 Å². The van der Waals surface area contributed by atoms with Crippen LogP contribution in [0.4, 0.5) is 17.1 Å². The molecule has 0 saturated heterocycles. The molecule has 276 valence electrons. The van der Waals surface area contributed by atoms with E-state index in [1.54, 1.807) is 12.2 Å². The first-order valence-electron chi connectivity index (χ1n) is 19.7. The van der Waals surface area contributed by atoms with Crippen LogP contribution in [0, 0.1) is 0 Å². The Morgan fingerprint density at radius 1 is 0.345 bits per heavy atom. The highest BCUT2D eigenvalue weighted by atomic mass is 15.1. The van der Waals surface area contributed by atoms with E-state index in [4.69, 9.17) is 0 Å². The fraction of sp³-hybridized carbons (Fsp3) is 0. The van der Waals surface area contributed by atoms with Crippen molar-refractivity contribution in [1.82, 2.24) is 4.57 Å². The first-order valence-corrected chi connectivity index (χ1v) is 19.7. The van der Waals surface area contributed by atoms with Gasteiger partial charge in [-0.25, -0.2) is 0 Å². The van der Waals surface area contributed by atoms with Gasteiger partial charge >= 0.3 is 0 Å². The number of anilines is 3. The number of nitrogens with zero attached hydrogens (tertiary/aromatic N) is 2. The lowest BCUT2D eigenvalue weighted by Crippen LogP contribution is -2.10. The van der Waals surface area contributed by atoms with Crippen LogP contribution < -0.4 is 4.90 Å². The van der Waals surface area contributed by atoms with E-state index < -0.39 is 0 Å². The zero-order chi connectivity index (χ0) is 39.3. The van der Waals surface area contributed by atoms with Crippen molar-refractivity contribution in [3.05, 3.63) is 244 Å². The molecule has 0 saturated carbocycles. The third-order valence-electron chi connectivity index (χ3n) is 10.8. The zero-order valence-electron chi connectivity index (χ0n) is 32.2. The van der Waals surface area contributed by atoms with E-state index in [0.717, 1.165) is 17.1 Å². The van der Waals surface area contributed by atoms with Crippen molar-refractivity contribution >= 4 is 49.6 Å². The van der Waals surface area contributed by atoms with Crippen LogP contribution in [0.5, 0.6) is 0 Å². The zero-order valence-corrected chi connectivity index (χ0v) is 32.2. The van der Waals surface area contributed by atoms with Crippen LogP contribution in [0.1, 0.15) is 0 Å². The van der Waals surface area contributed by atoms with Gasteiger partial charge in [0.15, 0.2) is 0 Å². The maximum atomic E-state index is 3.36. The van der Waals surface area contributed by atoms with Crippen LogP contribution in [0.25, 0.3) is 71.6 Å². The van der Waals surface area contributed by atoms with E-state index in [-0.39, 0.29) is 0 Å². The minimum atomic E-state index is 1.11. The Morgan fingerprint density at radius 2 is 0.828 bits per heavy atom. The predicted molar refractivity (Wildman–Crippen MR) is 250 cm³/mol. The molecule has 0 atom stereocenters. The van der Waals surface area contributed by atoms with Gasteiger partial charge in [-0.05, 0) is 99.4 Å². The topological polar surface area (TPSA) is 8.17 Å². The molecular formula is C56H42N2. The molecule has 9 aromatic carbocycles. The Hall–Kier alpha value is -7.68. The van der Waals surface area contributed by atoms with Crippen LogP contribution >= 0.6 is 0 Å². The van der Waals surface area contributed by atoms with Crippen molar-refractivity contribution in [3.63, 3.8) is 0 Å². The smallest absolute Gasteiger partial charge is 0.0541 e. The third kappa shape index (κ3) is 6.89. The molecule has 0 N–H and O–H groups in total. The Labute approximate surface area is 340 Å². The molecule has 1 heterocycles. The van der Waals surface area contributed by atoms with Crippen molar-refractivity contribution in [2.24, 2.45) is 0 Å². The summed E-state index contributed by atoms with van der Waals surface area (Å²) >= 11 is 0. The summed E-state index contributed by atoms with van der Waals surface area (Å²) in [6.45, 7) is 6.72. The van der Waals surface area contributed by atoms with Crippen molar-refractivity contribution in [3.8, 4) is 39.1 Å². The number of fused-ring (bicyclic) bond motifs is 4. The first kappa shape index (κ1) is 36.0. The number of allylic oxidation sites excluding steroid dienone is 2. The van der Waals surface area contributed by atoms with Gasteiger partial charge in [0.2, 0.25) is 0 Å². The molecular weight excluding hydrogens is 701 g/mol. The normalized spacial score (nSPS) is 10.9. The number of para-hydroxylation sites is 3. The van der Waals surface area contributed by atoms with Gasteiger partial charge < -0.3 is 9.47 Å². The Balaban J connectivity index is 0.00000104. The second kappa shape index (κ2) is 16.2. The largest absolute Gasteiger partial charge is 0.310 e. The molecule has 0 unspecified atom stereocenters. The Morgan fingerprint density at radius 3 is 1.50 bits per heavy atom. The number of hydrogen-bond acceptors (Lipinski definition) is 1. The van der Waals surface area contributed by atoms with Crippen molar-refractivity contribution in [2.45, 2.75) is 0 Å². The fourth-order valence-electron chi connectivity index (χ4n) is 8.03. The number of hydrogen-bond donors (Lipinski definition) is 0. The van der Waals surface area contributed by atoms with E-state index in [2.05, 4.69) is 241 Å². The van der Waals surface area contributed by atoms with Gasteiger partial charge in [-0.3, -0.25) is 0 Å². The molecule has 10 rings (SSSR count). The van der Waals surface area contributed by atoms with Crippen molar-refractivity contribution in [1.29, 1.82) is 0 Å². The molecule has 0 fully saturated rings. The van der Waals surface area contributed by atoms with Gasteiger partial charge in [-0.15, -0.1) is 0 Å². The lowest BCUT2D eigenvalue weighted by atomic mass is 9.95. The molecule has 0 amide bonds. The summed E-state index contributed by atoms with van der Waals surface area (Å²) in [6, 6.07) is 78.8. The minimum absolute atomic E-state index is 1.11. The summed E-state index contributed by atoms with van der Waals surface area (Å²) in [6.07, 6.45) is 3.28. The average molecular weight is 743 g/mol. The monoisotopic (exact) mass is 742 g/mol. The highest BCUT2D eigenvalue weighted by molar-refractivity contribution is 6.12. The second-order valence-corrected chi connectivity index (χ2v) is 14.2. The van der Waals surface area contributed by atoms with E-state index in [0.29, 0.717) is 0 Å².